The highest BCUT2D eigenvalue weighted by Gasteiger charge is 2.06. The summed E-state index contributed by atoms with van der Waals surface area (Å²) in [5.41, 5.74) is 0. The second-order valence-corrected chi connectivity index (χ2v) is 5.22. The zero-order valence-corrected chi connectivity index (χ0v) is 5.76. The summed E-state index contributed by atoms with van der Waals surface area (Å²) in [5, 5.41) is 7.61. The van der Waals surface area contributed by atoms with Crippen molar-refractivity contribution in [3.63, 3.8) is 0 Å². The lowest BCUT2D eigenvalue weighted by molar-refractivity contribution is 0.590. The van der Waals surface area contributed by atoms with Crippen molar-refractivity contribution in [3.8, 4) is 6.26 Å². The molecule has 0 saturated heterocycles. The summed E-state index contributed by atoms with van der Waals surface area (Å²) in [7, 11) is 0.829. The topological polar surface area (TPSA) is 67.2 Å². The van der Waals surface area contributed by atoms with Crippen LogP contribution in [0, 0.1) is 11.5 Å². The first-order valence-electron chi connectivity index (χ1n) is 1.25. The molecule has 7 heteroatoms. The molecule has 0 aromatic rings. The Morgan fingerprint density at radius 1 is 1.75 bits per heavy atom. The van der Waals surface area contributed by atoms with Crippen LogP contribution in [0.1, 0.15) is 0 Å². The van der Waals surface area contributed by atoms with Gasteiger partial charge in [0.05, 0.1) is 0 Å². The fourth-order valence-corrected chi connectivity index (χ4v) is 0.734. The fraction of sp³-hybridized carbons (Fsp3) is 0. The first-order chi connectivity index (χ1) is 3.56. The van der Waals surface area contributed by atoms with Gasteiger partial charge < -0.3 is 4.18 Å². The molecule has 0 unspecified atom stereocenters. The first kappa shape index (κ1) is 7.88. The van der Waals surface area contributed by atoms with Crippen LogP contribution in [0.25, 0.3) is 0 Å². The smallest absolute Gasteiger partial charge is 0.323 e. The van der Waals surface area contributed by atoms with Gasteiger partial charge in [-0.15, -0.1) is 5.26 Å². The molecule has 0 heterocycles. The lowest BCUT2D eigenvalue weighted by Crippen LogP contribution is -1.77. The highest BCUT2D eigenvalue weighted by Crippen LogP contribution is 2.16. The Labute approximate surface area is 54.4 Å². The Morgan fingerprint density at radius 3 is 2.38 bits per heavy atom. The fourth-order valence-electron chi connectivity index (χ4n) is 0.0559. The van der Waals surface area contributed by atoms with Crippen molar-refractivity contribution in [2.75, 3.05) is 0 Å². The van der Waals surface area contributed by atoms with E-state index in [1.807, 2.05) is 0 Å². The third-order valence-corrected chi connectivity index (χ3v) is 1.61. The van der Waals surface area contributed by atoms with Crippen LogP contribution in [0.15, 0.2) is 0 Å². The third kappa shape index (κ3) is 5.88. The van der Waals surface area contributed by atoms with Gasteiger partial charge in [-0.05, 0) is 0 Å². The van der Waals surface area contributed by atoms with Crippen LogP contribution < -0.4 is 0 Å². The van der Waals surface area contributed by atoms with E-state index in [-0.39, 0.29) is 11.1 Å². The maximum atomic E-state index is 9.84. The molecular formula is CClNO3S2. The average molecular weight is 174 g/mol. The number of nitriles is 1. The third-order valence-electron chi connectivity index (χ3n) is 0.153. The average Bonchev–Trinajstić information content (AvgIpc) is 1.59. The molecule has 0 aliphatic rings. The number of halogens is 1. The summed E-state index contributed by atoms with van der Waals surface area (Å²) in [4.78, 5) is 0. The highest BCUT2D eigenvalue weighted by atomic mass is 35.8. The largest absolute Gasteiger partial charge is 0.334 e. The van der Waals surface area contributed by atoms with Crippen LogP contribution in [0.4, 0.5) is 0 Å². The van der Waals surface area contributed by atoms with Gasteiger partial charge in [-0.2, -0.15) is 8.42 Å². The lowest BCUT2D eigenvalue weighted by atomic mass is 11.6. The molecule has 0 aliphatic heterocycles. The van der Waals surface area contributed by atoms with Crippen molar-refractivity contribution in [1.29, 1.82) is 5.26 Å². The highest BCUT2D eigenvalue weighted by molar-refractivity contribution is 8.78. The molecular weight excluding hydrogens is 174 g/mol. The zero-order chi connectivity index (χ0) is 6.62. The predicted octanol–water partition coefficient (Wildman–Crippen LogP) is 0.616. The minimum Gasteiger partial charge on any atom is -0.334 e. The van der Waals surface area contributed by atoms with Crippen molar-refractivity contribution in [2.24, 2.45) is 0 Å². The van der Waals surface area contributed by atoms with Crippen LogP contribution in [-0.4, -0.2) is 8.42 Å². The SMILES string of the molecule is N#COSS(=O)(=O)Cl. The van der Waals surface area contributed by atoms with Gasteiger partial charge in [-0.25, -0.2) is 0 Å². The first-order valence-corrected chi connectivity index (χ1v) is 4.82. The standard InChI is InChI=1S/CClNO3S2/c2-8(4,5)7-6-1-3. The minimum absolute atomic E-state index is 0.0899. The Bertz CT molecular complexity index is 190. The van der Waals surface area contributed by atoms with E-state index < -0.39 is 8.08 Å². The van der Waals surface area contributed by atoms with Crippen LogP contribution in [0.5, 0.6) is 0 Å². The van der Waals surface area contributed by atoms with Gasteiger partial charge in [0.25, 0.3) is 0 Å². The van der Waals surface area contributed by atoms with Crippen molar-refractivity contribution in [3.05, 3.63) is 0 Å². The van der Waals surface area contributed by atoms with Crippen molar-refractivity contribution < 1.29 is 12.6 Å². The molecule has 0 aliphatic carbocycles. The van der Waals surface area contributed by atoms with Crippen LogP contribution in [-0.2, 0) is 12.3 Å². The van der Waals surface area contributed by atoms with Crippen LogP contribution in [0.3, 0.4) is 0 Å². The molecule has 0 N–H and O–H groups in total. The Morgan fingerprint density at radius 2 is 2.25 bits per heavy atom. The Hall–Kier alpha value is -0.120. The van der Waals surface area contributed by atoms with E-state index in [0.717, 1.165) is 6.26 Å². The molecule has 0 saturated carbocycles. The number of hydrogen-bond donors (Lipinski definition) is 0. The maximum absolute atomic E-state index is 9.84. The summed E-state index contributed by atoms with van der Waals surface area (Å²) in [6.07, 6.45) is 1.12. The molecule has 46 valence electrons. The molecule has 0 atom stereocenters. The summed E-state index contributed by atoms with van der Waals surface area (Å²) in [6, 6.07) is 0. The molecule has 0 rings (SSSR count). The predicted molar refractivity (Wildman–Crippen MR) is 29.1 cm³/mol. The van der Waals surface area contributed by atoms with E-state index >= 15 is 0 Å². The van der Waals surface area contributed by atoms with E-state index in [0.29, 0.717) is 0 Å². The number of hydrogen-bond acceptors (Lipinski definition) is 5. The van der Waals surface area contributed by atoms with Crippen molar-refractivity contribution in [1.82, 2.24) is 0 Å². The monoisotopic (exact) mass is 173 g/mol. The van der Waals surface area contributed by atoms with E-state index in [2.05, 4.69) is 14.9 Å². The number of rotatable bonds is 2. The Kier molecular flexibility index (Phi) is 2.97. The van der Waals surface area contributed by atoms with E-state index in [4.69, 9.17) is 5.26 Å². The van der Waals surface area contributed by atoms with E-state index in [1.54, 1.807) is 0 Å². The minimum atomic E-state index is -3.74. The van der Waals surface area contributed by atoms with Gasteiger partial charge in [-0.1, -0.05) is 0 Å². The van der Waals surface area contributed by atoms with Gasteiger partial charge in [0, 0.05) is 10.7 Å². The van der Waals surface area contributed by atoms with Crippen molar-refractivity contribution in [2.45, 2.75) is 0 Å². The zero-order valence-electron chi connectivity index (χ0n) is 3.37. The molecule has 4 nitrogen and oxygen atoms in total. The maximum Gasteiger partial charge on any atom is 0.323 e. The summed E-state index contributed by atoms with van der Waals surface area (Å²) >= 11 is -0.0899. The second kappa shape index (κ2) is 3.02. The van der Waals surface area contributed by atoms with Gasteiger partial charge in [0.2, 0.25) is 11.1 Å². The van der Waals surface area contributed by atoms with E-state index in [9.17, 15) is 8.42 Å². The van der Waals surface area contributed by atoms with Gasteiger partial charge in [-0.3, -0.25) is 0 Å². The van der Waals surface area contributed by atoms with Crippen molar-refractivity contribution >= 4 is 29.8 Å². The normalized spacial score (nSPS) is 10.0. The molecule has 0 aromatic heterocycles. The van der Waals surface area contributed by atoms with Gasteiger partial charge in [0.15, 0.2) is 0 Å². The van der Waals surface area contributed by atoms with E-state index in [1.165, 1.54) is 0 Å². The quantitative estimate of drug-likeness (QED) is 0.265. The molecule has 0 bridgehead atoms. The second-order valence-electron chi connectivity index (χ2n) is 0.636. The van der Waals surface area contributed by atoms with Crippen LogP contribution in [0.2, 0.25) is 0 Å². The van der Waals surface area contributed by atoms with Gasteiger partial charge in [0.1, 0.15) is 0 Å². The summed E-state index contributed by atoms with van der Waals surface area (Å²) in [5.74, 6) is 0. The molecule has 8 heavy (non-hydrogen) atoms. The molecule has 0 aromatic carbocycles. The molecule has 0 fully saturated rings. The number of nitrogens with zero attached hydrogens (tertiary/aromatic N) is 1. The summed E-state index contributed by atoms with van der Waals surface area (Å²) in [6.45, 7) is 0. The summed E-state index contributed by atoms with van der Waals surface area (Å²) < 4.78 is 23.4. The molecule has 0 spiro atoms. The van der Waals surface area contributed by atoms with Crippen LogP contribution >= 0.6 is 21.8 Å². The lowest BCUT2D eigenvalue weighted by Gasteiger charge is -1.82. The molecule has 0 radical (unpaired) electrons. The van der Waals surface area contributed by atoms with Gasteiger partial charge >= 0.3 is 14.3 Å². The Balaban J connectivity index is 3.63. The molecule has 0 amide bonds.